The van der Waals surface area contributed by atoms with Crippen molar-refractivity contribution in [2.75, 3.05) is 32.7 Å². The van der Waals surface area contributed by atoms with Crippen molar-refractivity contribution in [1.29, 1.82) is 0 Å². The van der Waals surface area contributed by atoms with E-state index in [1.54, 1.807) is 0 Å². The van der Waals surface area contributed by atoms with Crippen LogP contribution >= 0.6 is 0 Å². The summed E-state index contributed by atoms with van der Waals surface area (Å²) in [6, 6.07) is 0. The van der Waals surface area contributed by atoms with E-state index in [-0.39, 0.29) is 11.0 Å². The topological polar surface area (TPSA) is 23.6 Å². The fourth-order valence-electron chi connectivity index (χ4n) is 3.67. The van der Waals surface area contributed by atoms with E-state index in [9.17, 15) is 4.79 Å². The first-order valence-electron chi connectivity index (χ1n) is 8.28. The molecule has 3 nitrogen and oxygen atoms in total. The van der Waals surface area contributed by atoms with Crippen molar-refractivity contribution in [3.05, 3.63) is 0 Å². The molecule has 1 aliphatic carbocycles. The Morgan fingerprint density at radius 2 is 1.65 bits per heavy atom. The van der Waals surface area contributed by atoms with E-state index in [1.165, 1.54) is 19.1 Å². The van der Waals surface area contributed by atoms with Crippen molar-refractivity contribution in [1.82, 2.24) is 9.80 Å². The Bertz CT molecular complexity index is 318. The number of piperazine rings is 1. The normalized spacial score (nSPS) is 34.1. The zero-order chi connectivity index (χ0) is 14.8. The van der Waals surface area contributed by atoms with Crippen LogP contribution in [0, 0.1) is 11.3 Å². The van der Waals surface area contributed by atoms with Crippen molar-refractivity contribution in [2.24, 2.45) is 11.3 Å². The fraction of sp³-hybridized carbons (Fsp3) is 0.941. The molecule has 1 saturated heterocycles. The van der Waals surface area contributed by atoms with Gasteiger partial charge in [-0.2, -0.15) is 0 Å². The Morgan fingerprint density at radius 3 is 2.10 bits per heavy atom. The zero-order valence-corrected chi connectivity index (χ0v) is 13.8. The molecule has 0 unspecified atom stereocenters. The average molecular weight is 280 g/mol. The highest BCUT2D eigenvalue weighted by atomic mass is 16.1. The van der Waals surface area contributed by atoms with Crippen LogP contribution in [0.25, 0.3) is 0 Å². The van der Waals surface area contributed by atoms with Gasteiger partial charge in [0.25, 0.3) is 0 Å². The SMILES string of the molecule is CC1CCC(C=O)(CN2CCN(C(C)(C)C)CC2)CC1. The second-order valence-corrected chi connectivity index (χ2v) is 8.10. The molecular weight excluding hydrogens is 248 g/mol. The monoisotopic (exact) mass is 280 g/mol. The van der Waals surface area contributed by atoms with Gasteiger partial charge in [-0.3, -0.25) is 9.80 Å². The largest absolute Gasteiger partial charge is 0.303 e. The molecule has 0 radical (unpaired) electrons. The second-order valence-electron chi connectivity index (χ2n) is 8.10. The molecule has 2 fully saturated rings. The van der Waals surface area contributed by atoms with E-state index in [2.05, 4.69) is 37.5 Å². The third-order valence-corrected chi connectivity index (χ3v) is 5.38. The van der Waals surface area contributed by atoms with Crippen LogP contribution in [-0.2, 0) is 4.79 Å². The van der Waals surface area contributed by atoms with E-state index in [0.717, 1.165) is 51.5 Å². The van der Waals surface area contributed by atoms with E-state index in [4.69, 9.17) is 0 Å². The molecule has 0 aromatic carbocycles. The van der Waals surface area contributed by atoms with Crippen molar-refractivity contribution in [3.63, 3.8) is 0 Å². The van der Waals surface area contributed by atoms with Gasteiger partial charge in [-0.25, -0.2) is 0 Å². The lowest BCUT2D eigenvalue weighted by Gasteiger charge is -2.45. The minimum Gasteiger partial charge on any atom is -0.303 e. The summed E-state index contributed by atoms with van der Waals surface area (Å²) >= 11 is 0. The van der Waals surface area contributed by atoms with Gasteiger partial charge in [0, 0.05) is 43.7 Å². The number of hydrogen-bond acceptors (Lipinski definition) is 3. The lowest BCUT2D eigenvalue weighted by molar-refractivity contribution is -0.120. The molecule has 1 saturated carbocycles. The second kappa shape index (κ2) is 6.15. The number of carbonyl (C=O) groups is 1. The van der Waals surface area contributed by atoms with Crippen LogP contribution in [0.3, 0.4) is 0 Å². The molecule has 0 atom stereocenters. The maximum absolute atomic E-state index is 11.6. The number of aldehydes is 1. The Morgan fingerprint density at radius 1 is 1.10 bits per heavy atom. The van der Waals surface area contributed by atoms with Crippen molar-refractivity contribution >= 4 is 6.29 Å². The smallest absolute Gasteiger partial charge is 0.127 e. The third kappa shape index (κ3) is 3.82. The molecule has 2 aliphatic rings. The first-order valence-corrected chi connectivity index (χ1v) is 8.28. The molecule has 0 bridgehead atoms. The third-order valence-electron chi connectivity index (χ3n) is 5.38. The maximum atomic E-state index is 11.6. The lowest BCUT2D eigenvalue weighted by Crippen LogP contribution is -2.55. The summed E-state index contributed by atoms with van der Waals surface area (Å²) < 4.78 is 0. The highest BCUT2D eigenvalue weighted by Gasteiger charge is 2.37. The van der Waals surface area contributed by atoms with Gasteiger partial charge in [-0.15, -0.1) is 0 Å². The summed E-state index contributed by atoms with van der Waals surface area (Å²) in [4.78, 5) is 16.7. The molecule has 20 heavy (non-hydrogen) atoms. The van der Waals surface area contributed by atoms with E-state index in [1.807, 2.05) is 0 Å². The summed E-state index contributed by atoms with van der Waals surface area (Å²) in [6.07, 6.45) is 5.91. The predicted octanol–water partition coefficient (Wildman–Crippen LogP) is 2.80. The molecule has 1 aliphatic heterocycles. The maximum Gasteiger partial charge on any atom is 0.127 e. The number of hydrogen-bond donors (Lipinski definition) is 0. The van der Waals surface area contributed by atoms with Gasteiger partial charge in [0.05, 0.1) is 0 Å². The lowest BCUT2D eigenvalue weighted by atomic mass is 9.71. The summed E-state index contributed by atoms with van der Waals surface area (Å²) in [5, 5.41) is 0. The van der Waals surface area contributed by atoms with Gasteiger partial charge in [0.1, 0.15) is 6.29 Å². The first-order chi connectivity index (χ1) is 9.35. The molecule has 0 N–H and O–H groups in total. The molecule has 1 heterocycles. The fourth-order valence-corrected chi connectivity index (χ4v) is 3.67. The van der Waals surface area contributed by atoms with Gasteiger partial charge in [0.2, 0.25) is 0 Å². The molecule has 0 amide bonds. The van der Waals surface area contributed by atoms with Crippen LogP contribution in [0.2, 0.25) is 0 Å². The van der Waals surface area contributed by atoms with Crippen LogP contribution in [-0.4, -0.2) is 54.3 Å². The van der Waals surface area contributed by atoms with Gasteiger partial charge in [-0.05, 0) is 52.4 Å². The van der Waals surface area contributed by atoms with Crippen molar-refractivity contribution in [3.8, 4) is 0 Å². The Hall–Kier alpha value is -0.410. The van der Waals surface area contributed by atoms with Crippen LogP contribution in [0.4, 0.5) is 0 Å². The number of nitrogens with zero attached hydrogens (tertiary/aromatic N) is 2. The molecule has 0 aromatic rings. The minimum absolute atomic E-state index is 0.0452. The molecule has 0 aromatic heterocycles. The van der Waals surface area contributed by atoms with Crippen LogP contribution < -0.4 is 0 Å². The Labute approximate surface area is 124 Å². The summed E-state index contributed by atoms with van der Waals surface area (Å²) in [5.41, 5.74) is 0.227. The van der Waals surface area contributed by atoms with Crippen molar-refractivity contribution in [2.45, 2.75) is 58.9 Å². The highest BCUT2D eigenvalue weighted by Crippen LogP contribution is 2.38. The van der Waals surface area contributed by atoms with Gasteiger partial charge < -0.3 is 4.79 Å². The summed E-state index contributed by atoms with van der Waals surface area (Å²) in [5.74, 6) is 0.806. The van der Waals surface area contributed by atoms with E-state index in [0.29, 0.717) is 0 Å². The van der Waals surface area contributed by atoms with Gasteiger partial charge >= 0.3 is 0 Å². The standard InChI is InChI=1S/C17H32N2O/c1-15-5-7-17(14-20,8-6-15)13-18-9-11-19(12-10-18)16(2,3)4/h14-15H,5-13H2,1-4H3. The quantitative estimate of drug-likeness (QED) is 0.743. The zero-order valence-electron chi connectivity index (χ0n) is 13.8. The van der Waals surface area contributed by atoms with Gasteiger partial charge in [0.15, 0.2) is 0 Å². The molecule has 2 rings (SSSR count). The van der Waals surface area contributed by atoms with E-state index >= 15 is 0 Å². The number of rotatable bonds is 3. The highest BCUT2D eigenvalue weighted by molar-refractivity contribution is 5.60. The average Bonchev–Trinajstić information content (AvgIpc) is 2.41. The molecule has 0 spiro atoms. The minimum atomic E-state index is -0.0452. The molecule has 3 heteroatoms. The van der Waals surface area contributed by atoms with Crippen molar-refractivity contribution < 1.29 is 4.79 Å². The summed E-state index contributed by atoms with van der Waals surface area (Å²) in [6.45, 7) is 14.7. The first kappa shape index (κ1) is 16.0. The van der Waals surface area contributed by atoms with Gasteiger partial charge in [-0.1, -0.05) is 6.92 Å². The van der Waals surface area contributed by atoms with E-state index < -0.39 is 0 Å². The van der Waals surface area contributed by atoms with Crippen LogP contribution in [0.5, 0.6) is 0 Å². The molecular formula is C17H32N2O. The van der Waals surface area contributed by atoms with Crippen LogP contribution in [0.1, 0.15) is 53.4 Å². The Balaban J connectivity index is 1.86. The molecule has 116 valence electrons. The predicted molar refractivity (Wildman–Crippen MR) is 83.9 cm³/mol. The number of carbonyl (C=O) groups excluding carboxylic acids is 1. The Kier molecular flexibility index (Phi) is 4.91. The van der Waals surface area contributed by atoms with Crippen LogP contribution in [0.15, 0.2) is 0 Å². The summed E-state index contributed by atoms with van der Waals surface area (Å²) in [7, 11) is 0.